The number of nitrogens with zero attached hydrogens (tertiary/aromatic N) is 2. The summed E-state index contributed by atoms with van der Waals surface area (Å²) in [5.41, 5.74) is 2.75. The summed E-state index contributed by atoms with van der Waals surface area (Å²) in [6, 6.07) is 8.69. The van der Waals surface area contributed by atoms with Crippen molar-refractivity contribution in [2.45, 2.75) is 32.9 Å². The zero-order chi connectivity index (χ0) is 16.5. The van der Waals surface area contributed by atoms with Gasteiger partial charge in [-0.3, -0.25) is 9.89 Å². The average Bonchev–Trinajstić information content (AvgIpc) is 2.58. The van der Waals surface area contributed by atoms with Crippen molar-refractivity contribution in [2.75, 3.05) is 26.7 Å². The van der Waals surface area contributed by atoms with Gasteiger partial charge in [-0.05, 0) is 43.0 Å². The molecule has 4 nitrogen and oxygen atoms in total. The van der Waals surface area contributed by atoms with Crippen LogP contribution in [0.25, 0.3) is 0 Å². The number of benzene rings is 1. The SMILES string of the molecule is C=CCNC(=NC)NCc1ccccc1CN1CCC(C)CC1. The van der Waals surface area contributed by atoms with E-state index in [9.17, 15) is 0 Å². The van der Waals surface area contributed by atoms with Gasteiger partial charge in [0.1, 0.15) is 0 Å². The highest BCUT2D eigenvalue weighted by Crippen LogP contribution is 2.19. The number of guanidine groups is 1. The van der Waals surface area contributed by atoms with Crippen LogP contribution >= 0.6 is 0 Å². The molecule has 0 unspecified atom stereocenters. The van der Waals surface area contributed by atoms with Crippen LogP contribution in [0, 0.1) is 5.92 Å². The molecule has 1 aromatic carbocycles. The molecular formula is C19H30N4. The predicted molar refractivity (Wildman–Crippen MR) is 98.5 cm³/mol. The number of hydrogen-bond acceptors (Lipinski definition) is 2. The molecule has 0 aromatic heterocycles. The lowest BCUT2D eigenvalue weighted by molar-refractivity contribution is 0.185. The van der Waals surface area contributed by atoms with E-state index in [0.717, 1.165) is 25.0 Å². The second kappa shape index (κ2) is 9.36. The van der Waals surface area contributed by atoms with E-state index in [1.165, 1.54) is 37.1 Å². The van der Waals surface area contributed by atoms with Crippen LogP contribution in [0.5, 0.6) is 0 Å². The summed E-state index contributed by atoms with van der Waals surface area (Å²) in [7, 11) is 1.79. The maximum atomic E-state index is 4.23. The molecule has 1 saturated heterocycles. The third-order valence-corrected chi connectivity index (χ3v) is 4.47. The van der Waals surface area contributed by atoms with Gasteiger partial charge < -0.3 is 10.6 Å². The van der Waals surface area contributed by atoms with Crippen LogP contribution in [-0.2, 0) is 13.1 Å². The van der Waals surface area contributed by atoms with Crippen molar-refractivity contribution in [3.05, 3.63) is 48.0 Å². The fourth-order valence-electron chi connectivity index (χ4n) is 2.91. The third kappa shape index (κ3) is 5.71. The van der Waals surface area contributed by atoms with Gasteiger partial charge >= 0.3 is 0 Å². The van der Waals surface area contributed by atoms with Crippen LogP contribution in [0.2, 0.25) is 0 Å². The molecule has 0 aliphatic carbocycles. The van der Waals surface area contributed by atoms with E-state index in [4.69, 9.17) is 0 Å². The quantitative estimate of drug-likeness (QED) is 0.482. The van der Waals surface area contributed by atoms with Crippen molar-refractivity contribution in [1.29, 1.82) is 0 Å². The third-order valence-electron chi connectivity index (χ3n) is 4.47. The Labute approximate surface area is 140 Å². The molecule has 1 fully saturated rings. The lowest BCUT2D eigenvalue weighted by Crippen LogP contribution is -2.37. The first-order valence-electron chi connectivity index (χ1n) is 8.57. The highest BCUT2D eigenvalue weighted by atomic mass is 15.2. The normalized spacial score (nSPS) is 17.0. The lowest BCUT2D eigenvalue weighted by atomic mass is 9.98. The second-order valence-electron chi connectivity index (χ2n) is 6.32. The van der Waals surface area contributed by atoms with E-state index in [1.807, 2.05) is 6.08 Å². The van der Waals surface area contributed by atoms with Crippen molar-refractivity contribution in [1.82, 2.24) is 15.5 Å². The van der Waals surface area contributed by atoms with Gasteiger partial charge in [-0.15, -0.1) is 6.58 Å². The van der Waals surface area contributed by atoms with Crippen molar-refractivity contribution in [3.63, 3.8) is 0 Å². The summed E-state index contributed by atoms with van der Waals surface area (Å²) in [5.74, 6) is 1.69. The van der Waals surface area contributed by atoms with Crippen LogP contribution in [-0.4, -0.2) is 37.5 Å². The van der Waals surface area contributed by atoms with Gasteiger partial charge in [0.05, 0.1) is 0 Å². The highest BCUT2D eigenvalue weighted by molar-refractivity contribution is 5.79. The molecule has 2 rings (SSSR count). The summed E-state index contributed by atoms with van der Waals surface area (Å²) < 4.78 is 0. The highest BCUT2D eigenvalue weighted by Gasteiger charge is 2.16. The summed E-state index contributed by atoms with van der Waals surface area (Å²) in [5, 5.41) is 6.58. The first-order chi connectivity index (χ1) is 11.2. The van der Waals surface area contributed by atoms with E-state index in [2.05, 4.69) is 58.3 Å². The second-order valence-corrected chi connectivity index (χ2v) is 6.32. The molecule has 126 valence electrons. The zero-order valence-corrected chi connectivity index (χ0v) is 14.5. The topological polar surface area (TPSA) is 39.7 Å². The van der Waals surface area contributed by atoms with Crippen LogP contribution in [0.15, 0.2) is 41.9 Å². The Hall–Kier alpha value is -1.81. The standard InChI is InChI=1S/C19H30N4/c1-4-11-21-19(20-3)22-14-17-7-5-6-8-18(17)15-23-12-9-16(2)10-13-23/h4-8,16H,1,9-15H2,2-3H3,(H2,20,21,22). The molecule has 0 bridgehead atoms. The van der Waals surface area contributed by atoms with Gasteiger partial charge in [-0.1, -0.05) is 37.3 Å². The van der Waals surface area contributed by atoms with Gasteiger partial charge in [0, 0.05) is 26.7 Å². The summed E-state index contributed by atoms with van der Waals surface area (Å²) in [4.78, 5) is 6.80. The maximum absolute atomic E-state index is 4.23. The minimum atomic E-state index is 0.716. The van der Waals surface area contributed by atoms with E-state index < -0.39 is 0 Å². The smallest absolute Gasteiger partial charge is 0.191 e. The van der Waals surface area contributed by atoms with Crippen molar-refractivity contribution in [2.24, 2.45) is 10.9 Å². The van der Waals surface area contributed by atoms with E-state index in [0.29, 0.717) is 6.54 Å². The Kier molecular flexibility index (Phi) is 7.14. The first-order valence-corrected chi connectivity index (χ1v) is 8.57. The van der Waals surface area contributed by atoms with Gasteiger partial charge in [0.15, 0.2) is 5.96 Å². The van der Waals surface area contributed by atoms with Crippen molar-refractivity contribution >= 4 is 5.96 Å². The number of aliphatic imine (C=N–C) groups is 1. The van der Waals surface area contributed by atoms with Gasteiger partial charge in [-0.2, -0.15) is 0 Å². The predicted octanol–water partition coefficient (Wildman–Crippen LogP) is 2.77. The number of hydrogen-bond donors (Lipinski definition) is 2. The Balaban J connectivity index is 1.93. The number of piperidine rings is 1. The molecule has 1 aliphatic rings. The van der Waals surface area contributed by atoms with Crippen LogP contribution < -0.4 is 10.6 Å². The van der Waals surface area contributed by atoms with E-state index >= 15 is 0 Å². The number of nitrogens with one attached hydrogen (secondary N) is 2. The van der Waals surface area contributed by atoms with Gasteiger partial charge in [0.25, 0.3) is 0 Å². The maximum Gasteiger partial charge on any atom is 0.191 e. The number of likely N-dealkylation sites (tertiary alicyclic amines) is 1. The average molecular weight is 314 g/mol. The summed E-state index contributed by atoms with van der Waals surface area (Å²) in [6.07, 6.45) is 4.47. The molecule has 23 heavy (non-hydrogen) atoms. The summed E-state index contributed by atoms with van der Waals surface area (Å²) in [6.45, 7) is 11.1. The van der Waals surface area contributed by atoms with E-state index in [-0.39, 0.29) is 0 Å². The zero-order valence-electron chi connectivity index (χ0n) is 14.5. The van der Waals surface area contributed by atoms with E-state index in [1.54, 1.807) is 7.05 Å². The first kappa shape index (κ1) is 17.5. The monoisotopic (exact) mass is 314 g/mol. The van der Waals surface area contributed by atoms with Crippen molar-refractivity contribution < 1.29 is 0 Å². The Morgan fingerprint density at radius 3 is 2.61 bits per heavy atom. The fourth-order valence-corrected chi connectivity index (χ4v) is 2.91. The van der Waals surface area contributed by atoms with Crippen LogP contribution in [0.3, 0.4) is 0 Å². The Morgan fingerprint density at radius 2 is 1.96 bits per heavy atom. The Morgan fingerprint density at radius 1 is 1.26 bits per heavy atom. The summed E-state index contributed by atoms with van der Waals surface area (Å²) >= 11 is 0. The Bertz CT molecular complexity index is 516. The molecule has 0 saturated carbocycles. The molecular weight excluding hydrogens is 284 g/mol. The molecule has 0 amide bonds. The minimum absolute atomic E-state index is 0.716. The minimum Gasteiger partial charge on any atom is -0.353 e. The fraction of sp³-hybridized carbons (Fsp3) is 0.526. The molecule has 0 atom stereocenters. The lowest BCUT2D eigenvalue weighted by Gasteiger charge is -2.30. The molecule has 4 heteroatoms. The van der Waals surface area contributed by atoms with Crippen molar-refractivity contribution in [3.8, 4) is 0 Å². The number of rotatable bonds is 6. The largest absolute Gasteiger partial charge is 0.353 e. The van der Waals surface area contributed by atoms with Gasteiger partial charge in [-0.25, -0.2) is 0 Å². The molecule has 1 aromatic rings. The van der Waals surface area contributed by atoms with Crippen LogP contribution in [0.4, 0.5) is 0 Å². The molecule has 0 radical (unpaired) electrons. The molecule has 1 aliphatic heterocycles. The molecule has 0 spiro atoms. The van der Waals surface area contributed by atoms with Gasteiger partial charge in [0.2, 0.25) is 0 Å². The molecule has 1 heterocycles. The molecule has 2 N–H and O–H groups in total. The van der Waals surface area contributed by atoms with Crippen LogP contribution in [0.1, 0.15) is 30.9 Å².